The topological polar surface area (TPSA) is 121 Å². The number of sulfonamides is 1. The lowest BCUT2D eigenvalue weighted by atomic mass is 9.94. The molecule has 0 radical (unpaired) electrons. The van der Waals surface area contributed by atoms with Crippen LogP contribution in [0.1, 0.15) is 31.1 Å². The Morgan fingerprint density at radius 2 is 1.87 bits per heavy atom. The van der Waals surface area contributed by atoms with E-state index in [0.717, 1.165) is 11.8 Å². The molecule has 1 atom stereocenters. The van der Waals surface area contributed by atoms with Crippen LogP contribution in [0.3, 0.4) is 0 Å². The fourth-order valence-corrected chi connectivity index (χ4v) is 2.81. The van der Waals surface area contributed by atoms with Crippen molar-refractivity contribution in [2.45, 2.75) is 26.9 Å². The summed E-state index contributed by atoms with van der Waals surface area (Å²) in [5.41, 5.74) is -0.121. The molecule has 1 aromatic heterocycles. The van der Waals surface area contributed by atoms with Crippen molar-refractivity contribution in [1.82, 2.24) is 9.66 Å². The molecule has 1 aromatic carbocycles. The van der Waals surface area contributed by atoms with Crippen LogP contribution in [0.4, 0.5) is 0 Å². The third-order valence-electron chi connectivity index (χ3n) is 3.49. The third-order valence-corrected chi connectivity index (χ3v) is 4.01. The average molecular weight is 341 g/mol. The predicted octanol–water partition coefficient (Wildman–Crippen LogP) is 0.191. The molecule has 0 bridgehead atoms. The van der Waals surface area contributed by atoms with Gasteiger partial charge in [-0.25, -0.2) is 18.0 Å². The molecule has 0 aliphatic heterocycles. The highest BCUT2D eigenvalue weighted by Gasteiger charge is 2.18. The maximum atomic E-state index is 12.4. The summed E-state index contributed by atoms with van der Waals surface area (Å²) in [4.78, 5) is 28.6. The molecule has 1 heterocycles. The summed E-state index contributed by atoms with van der Waals surface area (Å²) in [5.74, 6) is -0.0646. The lowest BCUT2D eigenvalue weighted by Gasteiger charge is -2.18. The second kappa shape index (κ2) is 5.82. The van der Waals surface area contributed by atoms with Crippen LogP contribution < -0.4 is 16.1 Å². The van der Waals surface area contributed by atoms with Gasteiger partial charge < -0.3 is 10.1 Å². The highest BCUT2D eigenvalue weighted by Crippen LogP contribution is 2.26. The largest absolute Gasteiger partial charge is 0.388 e. The van der Waals surface area contributed by atoms with Crippen molar-refractivity contribution in [3.05, 3.63) is 44.1 Å². The van der Waals surface area contributed by atoms with Gasteiger partial charge in [0.1, 0.15) is 0 Å². The minimum atomic E-state index is -3.80. The zero-order chi connectivity index (χ0) is 17.5. The minimum Gasteiger partial charge on any atom is -0.388 e. The van der Waals surface area contributed by atoms with Crippen molar-refractivity contribution in [2.75, 3.05) is 11.1 Å². The van der Waals surface area contributed by atoms with E-state index in [1.54, 1.807) is 13.0 Å². The van der Waals surface area contributed by atoms with Crippen LogP contribution in [0.5, 0.6) is 0 Å². The Kier molecular flexibility index (Phi) is 4.36. The van der Waals surface area contributed by atoms with Gasteiger partial charge in [0, 0.05) is 0 Å². The van der Waals surface area contributed by atoms with E-state index in [1.807, 2.05) is 18.7 Å². The fraction of sp³-hybridized carbons (Fsp3) is 0.429. The van der Waals surface area contributed by atoms with E-state index in [9.17, 15) is 23.1 Å². The molecule has 0 amide bonds. The summed E-state index contributed by atoms with van der Waals surface area (Å²) in [6, 6.07) is 3.07. The van der Waals surface area contributed by atoms with Gasteiger partial charge in [0.15, 0.2) is 0 Å². The zero-order valence-electron chi connectivity index (χ0n) is 13.2. The highest BCUT2D eigenvalue weighted by molar-refractivity contribution is 7.91. The van der Waals surface area contributed by atoms with Crippen molar-refractivity contribution in [1.29, 1.82) is 0 Å². The van der Waals surface area contributed by atoms with E-state index >= 15 is 0 Å². The van der Waals surface area contributed by atoms with Crippen molar-refractivity contribution < 1.29 is 13.5 Å². The molecule has 2 aromatic rings. The Hall–Kier alpha value is -2.13. The van der Waals surface area contributed by atoms with E-state index in [2.05, 4.69) is 4.98 Å². The van der Waals surface area contributed by atoms with Gasteiger partial charge in [0.2, 0.25) is 10.0 Å². The van der Waals surface area contributed by atoms with Crippen LogP contribution in [0.25, 0.3) is 10.9 Å². The van der Waals surface area contributed by atoms with E-state index in [4.69, 9.17) is 0 Å². The average Bonchev–Trinajstić information content (AvgIpc) is 2.41. The molecular weight excluding hydrogens is 322 g/mol. The number of benzene rings is 1. The Morgan fingerprint density at radius 3 is 2.39 bits per heavy atom. The monoisotopic (exact) mass is 341 g/mol. The quantitative estimate of drug-likeness (QED) is 0.733. The van der Waals surface area contributed by atoms with Gasteiger partial charge in [-0.1, -0.05) is 13.8 Å². The maximum absolute atomic E-state index is 12.4. The summed E-state index contributed by atoms with van der Waals surface area (Å²) in [6.45, 7) is 5.44. The zero-order valence-corrected chi connectivity index (χ0v) is 14.1. The summed E-state index contributed by atoms with van der Waals surface area (Å²) in [7, 11) is -3.80. The molecule has 126 valence electrons. The predicted molar refractivity (Wildman–Crippen MR) is 87.6 cm³/mol. The van der Waals surface area contributed by atoms with Crippen LogP contribution in [0.15, 0.2) is 21.7 Å². The molecule has 23 heavy (non-hydrogen) atoms. The molecule has 0 saturated heterocycles. The number of H-pyrrole nitrogens is 1. The number of fused-ring (bicyclic) bond motifs is 1. The first-order chi connectivity index (χ1) is 10.5. The Bertz CT molecular complexity index is 972. The number of rotatable bonds is 4. The fourth-order valence-electron chi connectivity index (χ4n) is 2.32. The van der Waals surface area contributed by atoms with Crippen LogP contribution in [-0.4, -0.2) is 29.4 Å². The number of nitrogens with zero attached hydrogens (tertiary/aromatic N) is 1. The number of aliphatic hydroxyl groups is 1. The first-order valence-corrected chi connectivity index (χ1v) is 8.86. The molecule has 0 saturated carbocycles. The van der Waals surface area contributed by atoms with E-state index < -0.39 is 27.4 Å². The summed E-state index contributed by atoms with van der Waals surface area (Å²) >= 11 is 0. The molecular formula is C14H19N3O5S. The molecule has 0 fully saturated rings. The molecule has 9 heteroatoms. The number of hydrogen-bond donors (Lipinski definition) is 3. The lowest BCUT2D eigenvalue weighted by molar-refractivity contribution is 0.126. The molecule has 2 rings (SSSR count). The standard InChI is InChI=1S/C14H19N3O5S/c1-7(2)12(18)9-6-10-11(5-8(9)3)15-14(20)17(13(10)19)16-23(4,21)22/h5-7,12,16,18H,1-4H3,(H,15,20). The second-order valence-electron chi connectivity index (χ2n) is 5.88. The summed E-state index contributed by atoms with van der Waals surface area (Å²) < 4.78 is 23.0. The molecule has 1 unspecified atom stereocenters. The van der Waals surface area contributed by atoms with Gasteiger partial charge in [0.05, 0.1) is 23.3 Å². The normalized spacial score (nSPS) is 13.5. The first-order valence-electron chi connectivity index (χ1n) is 6.96. The van der Waals surface area contributed by atoms with Crippen molar-refractivity contribution in [2.24, 2.45) is 5.92 Å². The Balaban J connectivity index is 2.79. The van der Waals surface area contributed by atoms with Crippen molar-refractivity contribution in [3.63, 3.8) is 0 Å². The highest BCUT2D eigenvalue weighted by atomic mass is 32.2. The molecule has 3 N–H and O–H groups in total. The van der Waals surface area contributed by atoms with E-state index in [0.29, 0.717) is 10.2 Å². The maximum Gasteiger partial charge on any atom is 0.348 e. The summed E-state index contributed by atoms with van der Waals surface area (Å²) in [6.07, 6.45) is 0.0636. The Labute approximate surface area is 132 Å². The number of aryl methyl sites for hydroxylation is 1. The minimum absolute atomic E-state index is 0.0646. The summed E-state index contributed by atoms with van der Waals surface area (Å²) in [5, 5.41) is 10.4. The Morgan fingerprint density at radius 1 is 1.26 bits per heavy atom. The van der Waals surface area contributed by atoms with Crippen LogP contribution in [0.2, 0.25) is 0 Å². The van der Waals surface area contributed by atoms with Crippen LogP contribution >= 0.6 is 0 Å². The second-order valence-corrected chi connectivity index (χ2v) is 7.60. The van der Waals surface area contributed by atoms with Crippen molar-refractivity contribution in [3.8, 4) is 0 Å². The van der Waals surface area contributed by atoms with Crippen LogP contribution in [0, 0.1) is 12.8 Å². The van der Waals surface area contributed by atoms with Gasteiger partial charge in [-0.3, -0.25) is 4.79 Å². The lowest BCUT2D eigenvalue weighted by Crippen LogP contribution is -2.43. The molecule has 0 aliphatic rings. The number of aliphatic hydroxyl groups excluding tert-OH is 1. The van der Waals surface area contributed by atoms with Crippen molar-refractivity contribution >= 4 is 20.9 Å². The van der Waals surface area contributed by atoms with Gasteiger partial charge in [-0.05, 0) is 36.1 Å². The smallest absolute Gasteiger partial charge is 0.348 e. The van der Waals surface area contributed by atoms with E-state index in [-0.39, 0.29) is 16.8 Å². The van der Waals surface area contributed by atoms with Gasteiger partial charge >= 0.3 is 5.69 Å². The third kappa shape index (κ3) is 3.45. The van der Waals surface area contributed by atoms with Gasteiger partial charge in [0.25, 0.3) is 5.56 Å². The number of nitrogens with one attached hydrogen (secondary N) is 2. The first kappa shape index (κ1) is 17.2. The molecule has 0 aliphatic carbocycles. The number of aromatic nitrogens is 2. The number of hydrogen-bond acceptors (Lipinski definition) is 5. The van der Waals surface area contributed by atoms with Crippen LogP contribution in [-0.2, 0) is 10.0 Å². The molecule has 0 spiro atoms. The van der Waals surface area contributed by atoms with Gasteiger partial charge in [-0.15, -0.1) is 0 Å². The molecule has 8 nitrogen and oxygen atoms in total. The number of aromatic amines is 1. The van der Waals surface area contributed by atoms with Gasteiger partial charge in [-0.2, -0.15) is 4.68 Å². The SMILES string of the molecule is Cc1cc2[nH]c(=O)n(NS(C)(=O)=O)c(=O)c2cc1C(O)C(C)C. The van der Waals surface area contributed by atoms with E-state index in [1.165, 1.54) is 6.07 Å².